The first-order valence-corrected chi connectivity index (χ1v) is 19.2. The van der Waals surface area contributed by atoms with Gasteiger partial charge in [-0.25, -0.2) is 0 Å². The molecule has 0 saturated heterocycles. The first-order valence-electron chi connectivity index (χ1n) is 19.2. The average Bonchev–Trinajstić information content (AvgIpc) is 3.56. The van der Waals surface area contributed by atoms with E-state index in [2.05, 4.69) is 58.0 Å². The van der Waals surface area contributed by atoms with E-state index in [0.717, 1.165) is 35.1 Å². The van der Waals surface area contributed by atoms with Crippen molar-refractivity contribution in [3.05, 3.63) is 113 Å². The normalized spacial score (nSPS) is 17.8. The smallest absolute Gasteiger partial charge is 0.186 e. The Kier molecular flexibility index (Phi) is 10.6. The predicted octanol–water partition coefficient (Wildman–Crippen LogP) is 8.63. The minimum absolute atomic E-state index is 0.109. The van der Waals surface area contributed by atoms with Gasteiger partial charge in [0, 0.05) is 23.2 Å². The Morgan fingerprint density at radius 1 is 0.596 bits per heavy atom. The highest BCUT2D eigenvalue weighted by Crippen LogP contribution is 2.65. The molecule has 1 unspecified atom stereocenters. The Hall–Kier alpha value is -5.89. The molecule has 8 nitrogen and oxygen atoms in total. The van der Waals surface area contributed by atoms with Crippen LogP contribution < -0.4 is 15.8 Å². The van der Waals surface area contributed by atoms with Crippen molar-refractivity contribution in [2.24, 2.45) is 5.41 Å². The highest BCUT2D eigenvalue weighted by Gasteiger charge is 2.56. The van der Waals surface area contributed by atoms with E-state index in [1.54, 1.807) is 4.90 Å². The zero-order valence-electron chi connectivity index (χ0n) is 33.5. The highest BCUT2D eigenvalue weighted by molar-refractivity contribution is 6.44. The summed E-state index contributed by atoms with van der Waals surface area (Å²) in [7, 11) is 11.9. The molecule has 57 heavy (non-hydrogen) atoms. The lowest BCUT2D eigenvalue weighted by molar-refractivity contribution is 0.316. The number of rotatable bonds is 7. The second kappa shape index (κ2) is 14.9. The fraction of sp³-hybridized carbons (Fsp3) is 0.277. The molecule has 0 saturated carbocycles. The van der Waals surface area contributed by atoms with Gasteiger partial charge in [-0.1, -0.05) is 120 Å². The Balaban J connectivity index is 0.00000270. The molecule has 0 aromatic heterocycles. The second-order valence-corrected chi connectivity index (χ2v) is 16.0. The van der Waals surface area contributed by atoms with Crippen LogP contribution in [0.5, 0.6) is 40.2 Å². The van der Waals surface area contributed by atoms with Crippen LogP contribution in [0.2, 0.25) is 0 Å². The first-order chi connectivity index (χ1) is 27.0. The number of phenols is 7. The lowest BCUT2D eigenvalue weighted by atomic mass is 9.71. The van der Waals surface area contributed by atoms with Gasteiger partial charge in [0.15, 0.2) is 28.7 Å². The molecule has 1 spiro atoms. The fourth-order valence-electron chi connectivity index (χ4n) is 9.29. The summed E-state index contributed by atoms with van der Waals surface area (Å²) in [6.45, 7) is 15.0. The van der Waals surface area contributed by atoms with Gasteiger partial charge in [-0.15, -0.1) is 0 Å². The number of allylic oxidation sites excluding steroid dienone is 3. The molecule has 2 aliphatic rings. The minimum Gasteiger partial charge on any atom is -0.508 e. The maximum Gasteiger partial charge on any atom is 0.186 e. The molecule has 0 amide bonds. The molecular formula is C47H49B2NO7. The monoisotopic (exact) mass is 761 g/mol. The van der Waals surface area contributed by atoms with Gasteiger partial charge < -0.3 is 40.6 Å². The molecule has 5 aromatic carbocycles. The maximum absolute atomic E-state index is 12.0. The van der Waals surface area contributed by atoms with Gasteiger partial charge in [0.1, 0.15) is 32.9 Å². The van der Waals surface area contributed by atoms with Crippen molar-refractivity contribution in [1.82, 2.24) is 0 Å². The van der Waals surface area contributed by atoms with E-state index in [9.17, 15) is 35.7 Å². The van der Waals surface area contributed by atoms with E-state index in [1.165, 1.54) is 11.1 Å². The summed E-state index contributed by atoms with van der Waals surface area (Å²) in [4.78, 5) is 1.66. The van der Waals surface area contributed by atoms with E-state index < -0.39 is 67.7 Å². The molecule has 10 heteroatoms. The van der Waals surface area contributed by atoms with E-state index in [0.29, 0.717) is 5.69 Å². The van der Waals surface area contributed by atoms with E-state index in [-0.39, 0.29) is 23.1 Å². The van der Waals surface area contributed by atoms with Crippen LogP contribution in [-0.4, -0.2) is 58.0 Å². The zero-order chi connectivity index (χ0) is 41.8. The summed E-state index contributed by atoms with van der Waals surface area (Å²) in [6.07, 6.45) is 5.86. The lowest BCUT2D eigenvalue weighted by Gasteiger charge is -2.33. The quantitative estimate of drug-likeness (QED) is 0.0496. The molecule has 7 rings (SSSR count). The molecule has 0 heterocycles. The molecule has 0 bridgehead atoms. The zero-order valence-corrected chi connectivity index (χ0v) is 33.5. The fourth-order valence-corrected chi connectivity index (χ4v) is 9.29. The molecule has 1 atom stereocenters. The Morgan fingerprint density at radius 3 is 1.75 bits per heavy atom. The topological polar surface area (TPSA) is 145 Å². The standard InChI is InChI=1S/C45H43B2NO7.C2H6/c1-6-13-28-30(44(4,5)23-45(28)22-43(2,3)27-18-10-11-19-29(27)45)21-48(26-17-12-16-25(20-26)24-14-8-7-9-15-24)35-41(54)37(50)32(38(51)42(35)55)31-33(46)39(52)40(53)34(47)36(31)49;1-2/h6-20,49-55H,21-23H2,1-5H3;1-2H3/b13-6-;. The van der Waals surface area contributed by atoms with Gasteiger partial charge in [-0.3, -0.25) is 0 Å². The van der Waals surface area contributed by atoms with Crippen LogP contribution in [0.4, 0.5) is 11.4 Å². The van der Waals surface area contributed by atoms with Crippen molar-refractivity contribution >= 4 is 38.0 Å². The van der Waals surface area contributed by atoms with E-state index in [4.69, 9.17) is 15.7 Å². The van der Waals surface area contributed by atoms with Gasteiger partial charge in [0.25, 0.3) is 0 Å². The van der Waals surface area contributed by atoms with Crippen LogP contribution in [0.1, 0.15) is 72.4 Å². The molecule has 290 valence electrons. The second-order valence-electron chi connectivity index (χ2n) is 16.0. The average molecular weight is 762 g/mol. The number of aromatic hydroxyl groups is 7. The largest absolute Gasteiger partial charge is 0.508 e. The number of fused-ring (bicyclic) bond motifs is 2. The van der Waals surface area contributed by atoms with Crippen molar-refractivity contribution in [1.29, 1.82) is 0 Å². The third-order valence-electron chi connectivity index (χ3n) is 11.6. The summed E-state index contributed by atoms with van der Waals surface area (Å²) in [5.74, 6) is -6.34. The molecule has 4 radical (unpaired) electrons. The van der Waals surface area contributed by atoms with Crippen LogP contribution in [0.25, 0.3) is 22.3 Å². The summed E-state index contributed by atoms with van der Waals surface area (Å²) in [5.41, 5.74) is 3.20. The van der Waals surface area contributed by atoms with E-state index >= 15 is 0 Å². The van der Waals surface area contributed by atoms with Crippen LogP contribution in [0.15, 0.2) is 102 Å². The third kappa shape index (κ3) is 6.45. The van der Waals surface area contributed by atoms with Gasteiger partial charge in [-0.05, 0) is 87.1 Å². The predicted molar refractivity (Wildman–Crippen MR) is 231 cm³/mol. The van der Waals surface area contributed by atoms with Crippen molar-refractivity contribution < 1.29 is 35.7 Å². The Morgan fingerprint density at radius 2 is 1.14 bits per heavy atom. The summed E-state index contributed by atoms with van der Waals surface area (Å²) >= 11 is 0. The van der Waals surface area contributed by atoms with E-state index in [1.807, 2.05) is 81.4 Å². The number of benzene rings is 5. The van der Waals surface area contributed by atoms with Crippen LogP contribution in [0, 0.1) is 5.41 Å². The maximum atomic E-state index is 12.0. The molecule has 7 N–H and O–H groups in total. The lowest BCUT2D eigenvalue weighted by Crippen LogP contribution is -2.27. The van der Waals surface area contributed by atoms with Crippen LogP contribution in [-0.2, 0) is 10.8 Å². The van der Waals surface area contributed by atoms with Gasteiger partial charge in [0.2, 0.25) is 0 Å². The van der Waals surface area contributed by atoms with Gasteiger partial charge >= 0.3 is 0 Å². The van der Waals surface area contributed by atoms with Gasteiger partial charge in [-0.2, -0.15) is 0 Å². The highest BCUT2D eigenvalue weighted by atomic mass is 16.3. The molecule has 0 aliphatic heterocycles. The van der Waals surface area contributed by atoms with Crippen LogP contribution >= 0.6 is 0 Å². The Labute approximate surface area is 337 Å². The van der Waals surface area contributed by atoms with Crippen molar-refractivity contribution in [3.8, 4) is 62.5 Å². The van der Waals surface area contributed by atoms with Crippen LogP contribution in [0.3, 0.4) is 0 Å². The molecule has 0 fully saturated rings. The third-order valence-corrected chi connectivity index (χ3v) is 11.6. The SMILES string of the molecule is CC.[B]c1c(O)c(O)c([B])c(-c2c(O)c(O)c(N(CC3=C(/C=C\C)C4(CC3(C)C)CC(C)(C)c3ccccc34)c3cccc(-c4ccccc4)c3)c(O)c2O)c1O. The van der Waals surface area contributed by atoms with Crippen molar-refractivity contribution in [3.63, 3.8) is 0 Å². The number of nitrogens with zero attached hydrogens (tertiary/aromatic N) is 1. The Bertz CT molecular complexity index is 2380. The minimum atomic E-state index is -0.961. The van der Waals surface area contributed by atoms with Gasteiger partial charge in [0.05, 0.1) is 5.56 Å². The molecule has 2 aliphatic carbocycles. The molecular weight excluding hydrogens is 712 g/mol. The first kappa shape index (κ1) is 40.8. The van der Waals surface area contributed by atoms with Crippen molar-refractivity contribution in [2.75, 3.05) is 11.4 Å². The number of hydrogen-bond donors (Lipinski definition) is 7. The number of phenolic OH excluding ortho intramolecular Hbond substituents is 7. The number of hydrogen-bond acceptors (Lipinski definition) is 8. The van der Waals surface area contributed by atoms with Crippen molar-refractivity contribution in [2.45, 2.75) is 72.1 Å². The number of anilines is 2. The summed E-state index contributed by atoms with van der Waals surface area (Å²) < 4.78 is 0. The summed E-state index contributed by atoms with van der Waals surface area (Å²) in [5, 5.41) is 78.8. The summed E-state index contributed by atoms with van der Waals surface area (Å²) in [6, 6.07) is 25.8. The molecule has 5 aromatic rings.